The third kappa shape index (κ3) is 8.67. The second-order valence-electron chi connectivity index (χ2n) is 14.4. The van der Waals surface area contributed by atoms with Crippen molar-refractivity contribution in [3.05, 3.63) is 106 Å². The van der Waals surface area contributed by atoms with Crippen LogP contribution in [0.25, 0.3) is 0 Å². The maximum atomic E-state index is 14.3. The van der Waals surface area contributed by atoms with E-state index in [0.717, 1.165) is 28.7 Å². The number of Topliss-reactive ketones (excluding diaryl/α,β-unsaturated/α-hetero) is 3. The van der Waals surface area contributed by atoms with E-state index in [0.29, 0.717) is 25.2 Å². The molecule has 1 heterocycles. The lowest BCUT2D eigenvalue weighted by molar-refractivity contribution is -0.135. The molecular formula is C41H52O4. The van der Waals surface area contributed by atoms with Crippen LogP contribution in [0.4, 0.5) is 0 Å². The van der Waals surface area contributed by atoms with Crippen LogP contribution in [0.1, 0.15) is 91.2 Å². The van der Waals surface area contributed by atoms with Crippen molar-refractivity contribution in [2.45, 2.75) is 93.1 Å². The van der Waals surface area contributed by atoms with Gasteiger partial charge >= 0.3 is 0 Å². The molecule has 0 bridgehead atoms. The fourth-order valence-electron chi connectivity index (χ4n) is 7.25. The number of benzene rings is 3. The Labute approximate surface area is 271 Å². The van der Waals surface area contributed by atoms with Crippen LogP contribution in [-0.4, -0.2) is 29.6 Å². The first-order chi connectivity index (χ1) is 21.3. The highest BCUT2D eigenvalue weighted by molar-refractivity contribution is 5.98. The number of aryl methyl sites for hydroxylation is 3. The standard InChI is InChI=1S/C41H52O4/c1-26(2)19-33-21-27(3)20-32(22-33)17-18-37(42)39-36(25-45-41(39,7)8)40(44)30(6)34(23-31-14-10-9-11-15-31)24-38(43)35-16-12-13-28(4)29(35)5/h9-16,20-22,26,30,34,36,39H,17-19,23-25H2,1-8H3. The molecule has 3 aromatic carbocycles. The Hall–Kier alpha value is -3.37. The van der Waals surface area contributed by atoms with E-state index in [-0.39, 0.29) is 36.3 Å². The van der Waals surface area contributed by atoms with Crippen molar-refractivity contribution in [3.8, 4) is 0 Å². The lowest BCUT2D eigenvalue weighted by Gasteiger charge is -2.30. The molecule has 0 saturated carbocycles. The molecule has 0 radical (unpaired) electrons. The van der Waals surface area contributed by atoms with Gasteiger partial charge in [0, 0.05) is 24.3 Å². The Kier molecular flexibility index (Phi) is 11.4. The van der Waals surface area contributed by atoms with Gasteiger partial charge in [0.25, 0.3) is 0 Å². The van der Waals surface area contributed by atoms with Gasteiger partial charge in [-0.05, 0) is 93.5 Å². The lowest BCUT2D eigenvalue weighted by atomic mass is 9.71. The van der Waals surface area contributed by atoms with Gasteiger partial charge in [-0.2, -0.15) is 0 Å². The van der Waals surface area contributed by atoms with E-state index in [2.05, 4.69) is 51.1 Å². The first-order valence-corrected chi connectivity index (χ1v) is 16.7. The molecule has 4 rings (SSSR count). The fraction of sp³-hybridized carbons (Fsp3) is 0.488. The predicted octanol–water partition coefficient (Wildman–Crippen LogP) is 8.69. The van der Waals surface area contributed by atoms with Crippen LogP contribution in [0.5, 0.6) is 0 Å². The van der Waals surface area contributed by atoms with Crippen LogP contribution >= 0.6 is 0 Å². The molecule has 240 valence electrons. The summed E-state index contributed by atoms with van der Waals surface area (Å²) < 4.78 is 6.16. The van der Waals surface area contributed by atoms with E-state index in [4.69, 9.17) is 4.74 Å². The van der Waals surface area contributed by atoms with Crippen LogP contribution in [0, 0.1) is 50.4 Å². The first kappa shape index (κ1) is 34.5. The summed E-state index contributed by atoms with van der Waals surface area (Å²) in [7, 11) is 0. The first-order valence-electron chi connectivity index (χ1n) is 16.7. The van der Waals surface area contributed by atoms with Crippen molar-refractivity contribution in [1.82, 2.24) is 0 Å². The molecule has 1 aliphatic rings. The number of hydrogen-bond acceptors (Lipinski definition) is 4. The summed E-state index contributed by atoms with van der Waals surface area (Å²) in [5.41, 5.74) is 6.84. The van der Waals surface area contributed by atoms with Crippen molar-refractivity contribution in [2.75, 3.05) is 6.61 Å². The zero-order valence-corrected chi connectivity index (χ0v) is 28.6. The van der Waals surface area contributed by atoms with Crippen molar-refractivity contribution in [1.29, 1.82) is 0 Å². The maximum Gasteiger partial charge on any atom is 0.163 e. The van der Waals surface area contributed by atoms with Crippen molar-refractivity contribution < 1.29 is 19.1 Å². The zero-order valence-electron chi connectivity index (χ0n) is 28.6. The molecule has 0 N–H and O–H groups in total. The molecule has 1 fully saturated rings. The Morgan fingerprint density at radius 3 is 2.22 bits per heavy atom. The highest BCUT2D eigenvalue weighted by atomic mass is 16.5. The molecule has 3 aromatic rings. The summed E-state index contributed by atoms with van der Waals surface area (Å²) in [4.78, 5) is 41.9. The van der Waals surface area contributed by atoms with Crippen molar-refractivity contribution in [2.24, 2.45) is 29.6 Å². The molecule has 4 heteroatoms. The number of hydrogen-bond donors (Lipinski definition) is 0. The van der Waals surface area contributed by atoms with Crippen LogP contribution in [0.15, 0.2) is 66.7 Å². The summed E-state index contributed by atoms with van der Waals surface area (Å²) >= 11 is 0. The van der Waals surface area contributed by atoms with Gasteiger partial charge in [0.05, 0.1) is 24.0 Å². The van der Waals surface area contributed by atoms with E-state index < -0.39 is 23.4 Å². The Bertz CT molecular complexity index is 1500. The van der Waals surface area contributed by atoms with Gasteiger partial charge in [-0.1, -0.05) is 93.1 Å². The summed E-state index contributed by atoms with van der Waals surface area (Å²) in [6.07, 6.45) is 2.92. The summed E-state index contributed by atoms with van der Waals surface area (Å²) in [5.74, 6) is -0.906. The molecule has 4 atom stereocenters. The molecule has 0 spiro atoms. The number of ether oxygens (including phenoxy) is 1. The quantitative estimate of drug-likeness (QED) is 0.172. The average Bonchev–Trinajstić information content (AvgIpc) is 3.30. The maximum absolute atomic E-state index is 14.3. The normalized spacial score (nSPS) is 19.0. The molecule has 4 unspecified atom stereocenters. The smallest absolute Gasteiger partial charge is 0.163 e. The summed E-state index contributed by atoms with van der Waals surface area (Å²) in [6.45, 7) is 16.6. The van der Waals surface area contributed by atoms with Crippen LogP contribution in [0.3, 0.4) is 0 Å². The molecule has 1 saturated heterocycles. The van der Waals surface area contributed by atoms with Crippen LogP contribution in [0.2, 0.25) is 0 Å². The third-order valence-corrected chi connectivity index (χ3v) is 9.85. The van der Waals surface area contributed by atoms with Crippen molar-refractivity contribution >= 4 is 17.3 Å². The van der Waals surface area contributed by atoms with Gasteiger partial charge < -0.3 is 4.74 Å². The minimum absolute atomic E-state index is 0.0309. The van der Waals surface area contributed by atoms with E-state index in [9.17, 15) is 14.4 Å². The zero-order chi connectivity index (χ0) is 32.9. The molecule has 0 amide bonds. The fourth-order valence-corrected chi connectivity index (χ4v) is 7.25. The number of carbonyl (C=O) groups is 3. The van der Waals surface area contributed by atoms with E-state index in [1.54, 1.807) is 0 Å². The summed E-state index contributed by atoms with van der Waals surface area (Å²) in [5, 5.41) is 0. The lowest BCUT2D eigenvalue weighted by Crippen LogP contribution is -2.41. The number of ketones is 3. The van der Waals surface area contributed by atoms with Gasteiger partial charge in [0.1, 0.15) is 11.6 Å². The largest absolute Gasteiger partial charge is 0.374 e. The van der Waals surface area contributed by atoms with Crippen LogP contribution in [-0.2, 0) is 33.6 Å². The monoisotopic (exact) mass is 608 g/mol. The Balaban J connectivity index is 1.54. The molecule has 0 aromatic heterocycles. The minimum atomic E-state index is -0.726. The van der Waals surface area contributed by atoms with Gasteiger partial charge in [0.15, 0.2) is 5.78 Å². The van der Waals surface area contributed by atoms with Crippen molar-refractivity contribution in [3.63, 3.8) is 0 Å². The Morgan fingerprint density at radius 1 is 0.844 bits per heavy atom. The van der Waals surface area contributed by atoms with Gasteiger partial charge in [0.2, 0.25) is 0 Å². The highest BCUT2D eigenvalue weighted by Crippen LogP contribution is 2.41. The molecule has 1 aliphatic heterocycles. The SMILES string of the molecule is Cc1cc(CCC(=O)C2C(C(=O)C(C)C(CC(=O)c3cccc(C)c3C)Cc3ccccc3)COC2(C)C)cc(CC(C)C)c1. The number of carbonyl (C=O) groups excluding carboxylic acids is 3. The van der Waals surface area contributed by atoms with Gasteiger partial charge in [-0.3, -0.25) is 14.4 Å². The van der Waals surface area contributed by atoms with Gasteiger partial charge in [-0.15, -0.1) is 0 Å². The minimum Gasteiger partial charge on any atom is -0.374 e. The number of rotatable bonds is 14. The third-order valence-electron chi connectivity index (χ3n) is 9.85. The molecule has 0 aliphatic carbocycles. The molecule has 4 nitrogen and oxygen atoms in total. The summed E-state index contributed by atoms with van der Waals surface area (Å²) in [6, 6.07) is 22.5. The van der Waals surface area contributed by atoms with E-state index in [1.807, 2.05) is 71.0 Å². The highest BCUT2D eigenvalue weighted by Gasteiger charge is 2.51. The van der Waals surface area contributed by atoms with E-state index in [1.165, 1.54) is 16.7 Å². The Morgan fingerprint density at radius 2 is 1.53 bits per heavy atom. The molecular weight excluding hydrogens is 556 g/mol. The second-order valence-corrected chi connectivity index (χ2v) is 14.4. The van der Waals surface area contributed by atoms with Gasteiger partial charge in [-0.25, -0.2) is 0 Å². The second kappa shape index (κ2) is 14.8. The topological polar surface area (TPSA) is 60.4 Å². The van der Waals surface area contributed by atoms with Crippen LogP contribution < -0.4 is 0 Å². The average molecular weight is 609 g/mol. The van der Waals surface area contributed by atoms with E-state index >= 15 is 0 Å². The molecule has 45 heavy (non-hydrogen) atoms. The predicted molar refractivity (Wildman–Crippen MR) is 183 cm³/mol.